The van der Waals surface area contributed by atoms with Crippen LogP contribution < -0.4 is 9.47 Å². The molecule has 5 aliphatic rings. The lowest BCUT2D eigenvalue weighted by atomic mass is 9.49. The number of para-hydroxylation sites is 1. The van der Waals surface area contributed by atoms with Crippen LogP contribution in [0.3, 0.4) is 0 Å². The molecule has 180 valence electrons. The maximum atomic E-state index is 13.0. The molecule has 5 nitrogen and oxygen atoms in total. The number of aliphatic hydroxyl groups is 1. The molecule has 2 bridgehead atoms. The van der Waals surface area contributed by atoms with E-state index in [0.717, 1.165) is 48.8 Å². The number of fused-ring (bicyclic) bond motifs is 4. The van der Waals surface area contributed by atoms with Crippen LogP contribution in [0, 0.1) is 5.92 Å². The lowest BCUT2D eigenvalue weighted by molar-refractivity contribution is -0.173. The lowest BCUT2D eigenvalue weighted by Crippen LogP contribution is -2.74. The third-order valence-corrected chi connectivity index (χ3v) is 9.99. The van der Waals surface area contributed by atoms with E-state index in [9.17, 15) is 5.11 Å². The fourth-order valence-electron chi connectivity index (χ4n) is 8.22. The molecule has 2 aromatic carbocycles. The summed E-state index contributed by atoms with van der Waals surface area (Å²) in [6, 6.07) is 13.0. The molecule has 1 N–H and O–H groups in total. The SMILES string of the molecule is COc1ccc2c3c1OC1c4c(c5ccccc5n4C(C)=P)CC4(O)[C@@H](C2)N(CC2CC2)CC[C@]314. The summed E-state index contributed by atoms with van der Waals surface area (Å²) in [5.74, 6) is 2.42. The van der Waals surface area contributed by atoms with Gasteiger partial charge in [0.2, 0.25) is 0 Å². The minimum Gasteiger partial charge on any atom is -0.493 e. The van der Waals surface area contributed by atoms with Gasteiger partial charge in [-0.3, -0.25) is 4.90 Å². The summed E-state index contributed by atoms with van der Waals surface area (Å²) in [6.45, 7) is 4.21. The molecule has 1 saturated heterocycles. The summed E-state index contributed by atoms with van der Waals surface area (Å²) in [7, 11) is 5.60. The number of nitrogens with zero attached hydrogens (tertiary/aromatic N) is 2. The predicted octanol–water partition coefficient (Wildman–Crippen LogP) is 4.49. The van der Waals surface area contributed by atoms with Crippen LogP contribution in [0.4, 0.5) is 0 Å². The quantitative estimate of drug-likeness (QED) is 0.552. The van der Waals surface area contributed by atoms with Crippen LogP contribution in [-0.2, 0) is 18.3 Å². The molecule has 3 aliphatic carbocycles. The van der Waals surface area contributed by atoms with Crippen LogP contribution in [0.2, 0.25) is 0 Å². The number of methoxy groups -OCH3 is 1. The van der Waals surface area contributed by atoms with Gasteiger partial charge in [-0.15, -0.1) is 0 Å². The monoisotopic (exact) mass is 486 g/mol. The van der Waals surface area contributed by atoms with Crippen LogP contribution in [0.1, 0.15) is 54.7 Å². The first-order valence-electron chi connectivity index (χ1n) is 13.0. The molecule has 3 heterocycles. The van der Waals surface area contributed by atoms with Crippen LogP contribution in [-0.4, -0.2) is 51.8 Å². The molecule has 2 unspecified atom stereocenters. The Hall–Kier alpha value is -2.33. The highest BCUT2D eigenvalue weighted by atomic mass is 31.0. The molecule has 0 radical (unpaired) electrons. The van der Waals surface area contributed by atoms with E-state index in [1.165, 1.54) is 46.1 Å². The van der Waals surface area contributed by atoms with Gasteiger partial charge in [0.1, 0.15) is 0 Å². The number of hydrogen-bond acceptors (Lipinski definition) is 4. The third-order valence-electron chi connectivity index (χ3n) is 9.77. The standard InChI is InChI=1S/C29H31N2O3P/c1-16(35)31-21-6-4-3-5-19(21)20-14-29(32)23-13-18-9-10-22(33-2)26-24(18)28(29,27(34-26)25(20)31)11-12-30(23)15-17-7-8-17/h3-6,9-10,17,23,27,32,35H,7-8,11-15H2,1-2H3/t23-,27?,28+,29?/m1/s1. The first-order valence-corrected chi connectivity index (χ1v) is 13.5. The van der Waals surface area contributed by atoms with Gasteiger partial charge < -0.3 is 19.1 Å². The predicted molar refractivity (Wildman–Crippen MR) is 139 cm³/mol. The lowest BCUT2D eigenvalue weighted by Gasteiger charge is -2.63. The number of ether oxygens (including phenoxy) is 2. The van der Waals surface area contributed by atoms with Crippen LogP contribution in [0.25, 0.3) is 10.9 Å². The van der Waals surface area contributed by atoms with Gasteiger partial charge in [-0.05, 0) is 68.3 Å². The maximum Gasteiger partial charge on any atom is 0.166 e. The fraction of sp³-hybridized carbons (Fsp3) is 0.483. The van der Waals surface area contributed by atoms with E-state index in [1.54, 1.807) is 7.11 Å². The highest BCUT2D eigenvalue weighted by molar-refractivity contribution is 7.20. The Morgan fingerprint density at radius 3 is 2.83 bits per heavy atom. The van der Waals surface area contributed by atoms with Crippen molar-refractivity contribution in [3.63, 3.8) is 0 Å². The van der Waals surface area contributed by atoms with E-state index in [1.807, 2.05) is 0 Å². The molecule has 2 fully saturated rings. The fourth-order valence-corrected chi connectivity index (χ4v) is 8.46. The van der Waals surface area contributed by atoms with Gasteiger partial charge in [0.05, 0.1) is 29.3 Å². The largest absolute Gasteiger partial charge is 0.493 e. The zero-order valence-corrected chi connectivity index (χ0v) is 21.3. The average molecular weight is 487 g/mol. The number of likely N-dealkylation sites (tertiary alicyclic amines) is 1. The van der Waals surface area contributed by atoms with E-state index in [4.69, 9.17) is 9.47 Å². The number of aromatic nitrogens is 1. The molecular weight excluding hydrogens is 455 g/mol. The van der Waals surface area contributed by atoms with Crippen molar-refractivity contribution >= 4 is 25.2 Å². The molecule has 0 amide bonds. The molecule has 2 aliphatic heterocycles. The maximum absolute atomic E-state index is 13.0. The molecular formula is C29H31N2O3P. The zero-order chi connectivity index (χ0) is 23.7. The van der Waals surface area contributed by atoms with Crippen LogP contribution in [0.5, 0.6) is 11.5 Å². The first-order chi connectivity index (χ1) is 17.0. The molecule has 8 rings (SSSR count). The van der Waals surface area contributed by atoms with Gasteiger partial charge in [0.25, 0.3) is 0 Å². The molecule has 1 aromatic heterocycles. The van der Waals surface area contributed by atoms with Gasteiger partial charge in [-0.1, -0.05) is 33.1 Å². The summed E-state index contributed by atoms with van der Waals surface area (Å²) in [5.41, 5.74) is 5.78. The third kappa shape index (κ3) is 2.36. The first kappa shape index (κ1) is 20.8. The normalized spacial score (nSPS) is 32.2. The smallest absolute Gasteiger partial charge is 0.166 e. The van der Waals surface area contributed by atoms with Crippen molar-refractivity contribution in [2.24, 2.45) is 5.92 Å². The second kappa shape index (κ2) is 6.70. The van der Waals surface area contributed by atoms with Crippen LogP contribution >= 0.6 is 8.86 Å². The van der Waals surface area contributed by atoms with E-state index in [2.05, 4.69) is 61.7 Å². The molecule has 1 spiro atoms. The minimum atomic E-state index is -0.892. The molecule has 3 aromatic rings. The van der Waals surface area contributed by atoms with Crippen molar-refractivity contribution < 1.29 is 14.6 Å². The Kier molecular flexibility index (Phi) is 3.99. The summed E-state index contributed by atoms with van der Waals surface area (Å²) < 4.78 is 15.1. The van der Waals surface area contributed by atoms with Gasteiger partial charge in [0.15, 0.2) is 17.6 Å². The van der Waals surface area contributed by atoms with Crippen molar-refractivity contribution in [1.82, 2.24) is 9.47 Å². The Bertz CT molecular complexity index is 1440. The molecule has 4 atom stereocenters. The zero-order valence-electron chi connectivity index (χ0n) is 20.3. The Labute approximate surface area is 207 Å². The van der Waals surface area contributed by atoms with Gasteiger partial charge in [0, 0.05) is 35.4 Å². The summed E-state index contributed by atoms with van der Waals surface area (Å²) in [5, 5.41) is 14.3. The van der Waals surface area contributed by atoms with Crippen LogP contribution in [0.15, 0.2) is 36.4 Å². The number of benzene rings is 2. The summed E-state index contributed by atoms with van der Waals surface area (Å²) in [6.07, 6.45) is 4.81. The molecule has 6 heteroatoms. The van der Waals surface area contributed by atoms with Gasteiger partial charge in [-0.25, -0.2) is 0 Å². The van der Waals surface area contributed by atoms with Gasteiger partial charge >= 0.3 is 0 Å². The van der Waals surface area contributed by atoms with Crippen molar-refractivity contribution in [3.05, 3.63) is 58.8 Å². The molecule has 35 heavy (non-hydrogen) atoms. The average Bonchev–Trinajstić information content (AvgIpc) is 3.50. The van der Waals surface area contributed by atoms with Gasteiger partial charge in [-0.2, -0.15) is 0 Å². The second-order valence-electron chi connectivity index (χ2n) is 11.4. The Morgan fingerprint density at radius 2 is 2.06 bits per heavy atom. The highest BCUT2D eigenvalue weighted by Gasteiger charge is 2.73. The Balaban J connectivity index is 1.45. The van der Waals surface area contributed by atoms with Crippen molar-refractivity contribution in [2.45, 2.75) is 62.2 Å². The highest BCUT2D eigenvalue weighted by Crippen LogP contribution is 2.69. The van der Waals surface area contributed by atoms with Crippen molar-refractivity contribution in [1.29, 1.82) is 0 Å². The molecule has 1 saturated carbocycles. The van der Waals surface area contributed by atoms with E-state index >= 15 is 0 Å². The topological polar surface area (TPSA) is 46.9 Å². The van der Waals surface area contributed by atoms with E-state index in [-0.39, 0.29) is 12.1 Å². The van der Waals surface area contributed by atoms with Crippen molar-refractivity contribution in [3.8, 4) is 11.5 Å². The van der Waals surface area contributed by atoms with E-state index in [0.29, 0.717) is 6.42 Å². The summed E-state index contributed by atoms with van der Waals surface area (Å²) in [4.78, 5) is 2.62. The number of rotatable bonds is 4. The number of hydrogen-bond donors (Lipinski definition) is 1. The van der Waals surface area contributed by atoms with Crippen molar-refractivity contribution in [2.75, 3.05) is 20.2 Å². The Morgan fingerprint density at radius 1 is 1.23 bits per heavy atom. The number of piperidine rings is 1. The summed E-state index contributed by atoms with van der Waals surface area (Å²) >= 11 is 0. The van der Waals surface area contributed by atoms with E-state index < -0.39 is 11.0 Å². The second-order valence-corrected chi connectivity index (χ2v) is 12.1. The minimum absolute atomic E-state index is 0.0960.